The van der Waals surface area contributed by atoms with Crippen LogP contribution in [-0.2, 0) is 11.3 Å². The Morgan fingerprint density at radius 2 is 2.28 bits per heavy atom. The van der Waals surface area contributed by atoms with Crippen LogP contribution in [0.3, 0.4) is 0 Å². The lowest BCUT2D eigenvalue weighted by atomic mass is 10.2. The van der Waals surface area contributed by atoms with Crippen LogP contribution in [0, 0.1) is 11.6 Å². The summed E-state index contributed by atoms with van der Waals surface area (Å²) in [5.41, 5.74) is 2.75. The second-order valence-electron chi connectivity index (χ2n) is 3.83. The van der Waals surface area contributed by atoms with E-state index in [9.17, 15) is 0 Å². The number of nitrogens with zero attached hydrogens (tertiary/aromatic N) is 2. The van der Waals surface area contributed by atoms with Crippen LogP contribution in [0.4, 0.5) is 0 Å². The molecule has 0 amide bonds. The monoisotopic (exact) mass is 325 g/mol. The molecule has 2 heterocycles. The number of ether oxygens (including phenoxy) is 1. The average molecular weight is 326 g/mol. The van der Waals surface area contributed by atoms with E-state index in [-0.39, 0.29) is 0 Å². The Morgan fingerprint density at radius 1 is 1.50 bits per heavy atom. The number of pyridine rings is 1. The molecule has 0 fully saturated rings. The van der Waals surface area contributed by atoms with Crippen molar-refractivity contribution in [2.24, 2.45) is 0 Å². The highest BCUT2D eigenvalue weighted by Gasteiger charge is 2.08. The van der Waals surface area contributed by atoms with E-state index in [4.69, 9.17) is 17.0 Å². The topological polar surface area (TPSA) is 50.8 Å². The van der Waals surface area contributed by atoms with E-state index < -0.39 is 0 Å². The highest BCUT2D eigenvalue weighted by Crippen LogP contribution is 2.21. The van der Waals surface area contributed by atoms with Gasteiger partial charge in [-0.25, -0.2) is 4.98 Å². The molecular weight excluding hydrogens is 314 g/mol. The molecule has 0 bridgehead atoms. The van der Waals surface area contributed by atoms with E-state index in [0.29, 0.717) is 17.1 Å². The zero-order valence-electron chi connectivity index (χ0n) is 10.0. The van der Waals surface area contributed by atoms with Gasteiger partial charge in [0.2, 0.25) is 0 Å². The first kappa shape index (κ1) is 13.3. The number of hydrogen-bond acceptors (Lipinski definition) is 4. The summed E-state index contributed by atoms with van der Waals surface area (Å²) in [6.45, 7) is 2.44. The Labute approximate surface area is 119 Å². The van der Waals surface area contributed by atoms with Crippen molar-refractivity contribution in [3.63, 3.8) is 0 Å². The molecular formula is C12H12BrN3OS. The van der Waals surface area contributed by atoms with Crippen molar-refractivity contribution in [3.8, 4) is 11.5 Å². The number of nitrogens with one attached hydrogen (secondary N) is 1. The zero-order chi connectivity index (χ0) is 13.1. The number of H-pyrrole nitrogens is 1. The van der Waals surface area contributed by atoms with E-state index in [1.165, 1.54) is 0 Å². The number of halogens is 1. The summed E-state index contributed by atoms with van der Waals surface area (Å²) in [6, 6.07) is 3.89. The lowest BCUT2D eigenvalue weighted by Crippen LogP contribution is -2.01. The van der Waals surface area contributed by atoms with Gasteiger partial charge in [0.05, 0.1) is 16.8 Å². The summed E-state index contributed by atoms with van der Waals surface area (Å²) in [6.07, 6.45) is 1.75. The molecule has 4 nitrogen and oxygen atoms in total. The van der Waals surface area contributed by atoms with Gasteiger partial charge in [0.15, 0.2) is 5.82 Å². The van der Waals surface area contributed by atoms with Gasteiger partial charge in [0.1, 0.15) is 10.3 Å². The molecule has 94 valence electrons. The van der Waals surface area contributed by atoms with Crippen molar-refractivity contribution in [2.45, 2.75) is 13.5 Å². The molecule has 0 spiro atoms. The molecule has 6 heteroatoms. The second-order valence-corrected chi connectivity index (χ2v) is 5.01. The Balaban J connectivity index is 2.55. The van der Waals surface area contributed by atoms with Crippen molar-refractivity contribution in [2.75, 3.05) is 7.11 Å². The smallest absolute Gasteiger partial charge is 0.157 e. The molecule has 0 saturated heterocycles. The number of hydrogen-bond donors (Lipinski definition) is 1. The van der Waals surface area contributed by atoms with Gasteiger partial charge in [-0.15, -0.1) is 0 Å². The van der Waals surface area contributed by atoms with Gasteiger partial charge in [0.25, 0.3) is 0 Å². The molecule has 1 N–H and O–H groups in total. The van der Waals surface area contributed by atoms with Gasteiger partial charge < -0.3 is 9.72 Å². The zero-order valence-corrected chi connectivity index (χ0v) is 12.4. The number of methoxy groups -OCH3 is 1. The maximum absolute atomic E-state index is 5.21. The van der Waals surface area contributed by atoms with Gasteiger partial charge in [-0.05, 0) is 40.5 Å². The van der Waals surface area contributed by atoms with Crippen LogP contribution >= 0.6 is 28.1 Å². The first-order valence-corrected chi connectivity index (χ1v) is 6.52. The highest BCUT2D eigenvalue weighted by molar-refractivity contribution is 9.10. The van der Waals surface area contributed by atoms with Gasteiger partial charge in [-0.2, -0.15) is 0 Å². The predicted molar refractivity (Wildman–Crippen MR) is 75.8 cm³/mol. The normalized spacial score (nSPS) is 10.6. The van der Waals surface area contributed by atoms with Crippen molar-refractivity contribution in [3.05, 3.63) is 38.7 Å². The van der Waals surface area contributed by atoms with Crippen LogP contribution in [-0.4, -0.2) is 22.1 Å². The molecule has 0 atom stereocenters. The van der Waals surface area contributed by atoms with Crippen LogP contribution in [0.15, 0.2) is 22.8 Å². The van der Waals surface area contributed by atoms with E-state index in [0.717, 1.165) is 21.4 Å². The molecule has 0 aromatic carbocycles. The van der Waals surface area contributed by atoms with Gasteiger partial charge in [-0.3, -0.25) is 4.98 Å². The maximum atomic E-state index is 5.21. The molecule has 0 aliphatic rings. The fourth-order valence-electron chi connectivity index (χ4n) is 1.54. The van der Waals surface area contributed by atoms with E-state index in [1.54, 1.807) is 13.3 Å². The van der Waals surface area contributed by atoms with Crippen LogP contribution < -0.4 is 0 Å². The van der Waals surface area contributed by atoms with Crippen LogP contribution in [0.5, 0.6) is 0 Å². The molecule has 0 unspecified atom stereocenters. The lowest BCUT2D eigenvalue weighted by molar-refractivity contribution is 0.181. The number of aryl methyl sites for hydroxylation is 1. The summed E-state index contributed by atoms with van der Waals surface area (Å²) < 4.78 is 6.38. The minimum Gasteiger partial charge on any atom is -0.378 e. The van der Waals surface area contributed by atoms with Crippen molar-refractivity contribution >= 4 is 28.1 Å². The molecule has 0 aliphatic carbocycles. The SMILES string of the molecule is COCc1[nH]c(-c2cc(C)ccn2)nc(=S)c1Br. The summed E-state index contributed by atoms with van der Waals surface area (Å²) in [5, 5.41) is 0. The average Bonchev–Trinajstić information content (AvgIpc) is 2.35. The molecule has 0 radical (unpaired) electrons. The first-order valence-electron chi connectivity index (χ1n) is 5.32. The maximum Gasteiger partial charge on any atom is 0.157 e. The third-order valence-corrected chi connectivity index (χ3v) is 3.79. The summed E-state index contributed by atoms with van der Waals surface area (Å²) in [4.78, 5) is 11.8. The minimum absolute atomic E-state index is 0.436. The standard InChI is InChI=1S/C12H12BrN3OS/c1-7-3-4-14-8(5-7)11-15-9(6-17-2)10(13)12(18)16-11/h3-5H,6H2,1-2H3,(H,15,16,18). The number of aromatic amines is 1. The summed E-state index contributed by atoms with van der Waals surface area (Å²) >= 11 is 8.62. The Kier molecular flexibility index (Phi) is 4.21. The van der Waals surface area contributed by atoms with Gasteiger partial charge in [0, 0.05) is 13.3 Å². The van der Waals surface area contributed by atoms with Crippen molar-refractivity contribution < 1.29 is 4.74 Å². The van der Waals surface area contributed by atoms with E-state index in [2.05, 4.69) is 30.9 Å². The Morgan fingerprint density at radius 3 is 2.94 bits per heavy atom. The third kappa shape index (κ3) is 2.82. The molecule has 2 aromatic heterocycles. The molecule has 18 heavy (non-hydrogen) atoms. The van der Waals surface area contributed by atoms with Gasteiger partial charge >= 0.3 is 0 Å². The number of aromatic nitrogens is 3. The second kappa shape index (κ2) is 5.69. The highest BCUT2D eigenvalue weighted by atomic mass is 79.9. The van der Waals surface area contributed by atoms with Crippen LogP contribution in [0.1, 0.15) is 11.3 Å². The quantitative estimate of drug-likeness (QED) is 0.878. The lowest BCUT2D eigenvalue weighted by Gasteiger charge is -2.07. The van der Waals surface area contributed by atoms with Crippen LogP contribution in [0.25, 0.3) is 11.5 Å². The largest absolute Gasteiger partial charge is 0.378 e. The third-order valence-electron chi connectivity index (χ3n) is 2.38. The van der Waals surface area contributed by atoms with Crippen molar-refractivity contribution in [1.82, 2.24) is 15.0 Å². The molecule has 2 rings (SSSR count). The molecule has 0 aliphatic heterocycles. The fourth-order valence-corrected chi connectivity index (χ4v) is 2.05. The van der Waals surface area contributed by atoms with E-state index in [1.807, 2.05) is 19.1 Å². The van der Waals surface area contributed by atoms with Crippen molar-refractivity contribution in [1.29, 1.82) is 0 Å². The predicted octanol–water partition coefficient (Wildman–Crippen LogP) is 3.42. The minimum atomic E-state index is 0.436. The molecule has 0 saturated carbocycles. The molecule has 2 aromatic rings. The first-order chi connectivity index (χ1) is 8.61. The summed E-state index contributed by atoms with van der Waals surface area (Å²) in [5.74, 6) is 0.652. The summed E-state index contributed by atoms with van der Waals surface area (Å²) in [7, 11) is 1.63. The van der Waals surface area contributed by atoms with Crippen LogP contribution in [0.2, 0.25) is 0 Å². The number of rotatable bonds is 3. The van der Waals surface area contributed by atoms with Gasteiger partial charge in [-0.1, -0.05) is 12.2 Å². The fraction of sp³-hybridized carbons (Fsp3) is 0.250. The Hall–Kier alpha value is -1.11. The van der Waals surface area contributed by atoms with E-state index >= 15 is 0 Å². The Bertz CT molecular complexity index is 627.